The number of ether oxygens (including phenoxy) is 1. The molecule has 1 aliphatic rings. The third kappa shape index (κ3) is 4.93. The van der Waals surface area contributed by atoms with E-state index in [0.29, 0.717) is 41.2 Å². The maximum atomic E-state index is 12.1. The second-order valence-electron chi connectivity index (χ2n) is 8.12. The smallest absolute Gasteiger partial charge is 0.320 e. The quantitative estimate of drug-likeness (QED) is 0.464. The molecule has 10 nitrogen and oxygen atoms in total. The first kappa shape index (κ1) is 23.4. The molecular formula is C23H22N4O6S. The number of benzene rings is 2. The normalized spacial score (nSPS) is 15.2. The van der Waals surface area contributed by atoms with Crippen molar-refractivity contribution in [2.24, 2.45) is 0 Å². The van der Waals surface area contributed by atoms with Gasteiger partial charge in [0.25, 0.3) is 5.89 Å². The largest absolute Gasteiger partial charge is 0.502 e. The van der Waals surface area contributed by atoms with Gasteiger partial charge in [0.15, 0.2) is 5.75 Å². The number of rotatable bonds is 8. The molecule has 0 bridgehead atoms. The van der Waals surface area contributed by atoms with Crippen LogP contribution in [0.5, 0.6) is 5.75 Å². The number of aliphatic carboxylic acids is 1. The summed E-state index contributed by atoms with van der Waals surface area (Å²) in [4.78, 5) is 18.8. The number of hydrogen-bond acceptors (Lipinski definition) is 7. The number of nitrogens with zero attached hydrogens (tertiary/aromatic N) is 3. The van der Waals surface area contributed by atoms with Crippen LogP contribution < -0.4 is 9.46 Å². The summed E-state index contributed by atoms with van der Waals surface area (Å²) in [5.74, 6) is -1.34. The molecule has 0 amide bonds. The number of carboxylic acid groups (broad SMARTS) is 1. The minimum Gasteiger partial charge on any atom is -0.502 e. The molecule has 1 aromatic heterocycles. The van der Waals surface area contributed by atoms with Crippen LogP contribution in [0.2, 0.25) is 0 Å². The third-order valence-electron chi connectivity index (χ3n) is 5.26. The minimum atomic E-state index is -3.97. The monoisotopic (exact) mass is 482 g/mol. The molecule has 1 aliphatic carbocycles. The predicted octanol–water partition coefficient (Wildman–Crippen LogP) is 3.73. The summed E-state index contributed by atoms with van der Waals surface area (Å²) in [6.45, 7) is 11.2. The second-order valence-corrected chi connectivity index (χ2v) is 9.87. The molecule has 0 aliphatic heterocycles. The van der Waals surface area contributed by atoms with Gasteiger partial charge < -0.3 is 14.4 Å². The number of nitrogens with one attached hydrogen (secondary N) is 1. The summed E-state index contributed by atoms with van der Waals surface area (Å²) in [7, 11) is -3.97. The topological polar surface area (TPSA) is 136 Å². The van der Waals surface area contributed by atoms with Crippen LogP contribution in [0.3, 0.4) is 0 Å². The summed E-state index contributed by atoms with van der Waals surface area (Å²) in [6, 6.07) is 9.93. The molecule has 0 spiro atoms. The number of carboxylic acids is 1. The number of carbonyl (C=O) groups is 1. The van der Waals surface area contributed by atoms with Crippen molar-refractivity contribution in [2.75, 3.05) is 5.75 Å². The first-order valence-electron chi connectivity index (χ1n) is 10.5. The highest BCUT2D eigenvalue weighted by Gasteiger charge is 2.30. The molecule has 11 heteroatoms. The Morgan fingerprint density at radius 3 is 2.85 bits per heavy atom. The van der Waals surface area contributed by atoms with E-state index in [1.54, 1.807) is 30.3 Å². The average Bonchev–Trinajstić information content (AvgIpc) is 3.40. The van der Waals surface area contributed by atoms with Gasteiger partial charge in [-0.2, -0.15) is 4.98 Å². The van der Waals surface area contributed by atoms with Crippen LogP contribution in [0.1, 0.15) is 37.4 Å². The van der Waals surface area contributed by atoms with Crippen LogP contribution in [0, 0.1) is 6.57 Å². The summed E-state index contributed by atoms with van der Waals surface area (Å²) >= 11 is 0. The van der Waals surface area contributed by atoms with Crippen molar-refractivity contribution in [3.05, 3.63) is 58.9 Å². The highest BCUT2D eigenvalue weighted by molar-refractivity contribution is 7.90. The minimum absolute atomic E-state index is 0.0704. The molecule has 3 aromatic rings. The Hall–Kier alpha value is -3.75. The van der Waals surface area contributed by atoms with E-state index in [-0.39, 0.29) is 12.0 Å². The summed E-state index contributed by atoms with van der Waals surface area (Å²) in [6.07, 6.45) is 0.985. The van der Waals surface area contributed by atoms with E-state index in [2.05, 4.69) is 19.7 Å². The molecule has 34 heavy (non-hydrogen) atoms. The zero-order valence-corrected chi connectivity index (χ0v) is 19.3. The molecular weight excluding hydrogens is 460 g/mol. The van der Waals surface area contributed by atoms with Gasteiger partial charge in [-0.15, -0.1) is 0 Å². The van der Waals surface area contributed by atoms with Crippen molar-refractivity contribution >= 4 is 21.7 Å². The Kier molecular flexibility index (Phi) is 6.37. The lowest BCUT2D eigenvalue weighted by Gasteiger charge is -2.14. The van der Waals surface area contributed by atoms with E-state index in [9.17, 15) is 13.2 Å². The molecule has 0 saturated heterocycles. The van der Waals surface area contributed by atoms with Crippen molar-refractivity contribution in [3.63, 3.8) is 0 Å². The summed E-state index contributed by atoms with van der Waals surface area (Å²) < 4.78 is 37.8. The van der Waals surface area contributed by atoms with E-state index >= 15 is 0 Å². The standard InChI is InChI=1S/C23H22N4O6S/c1-13(2)32-20-10-7-14(11-19(20)24-3)23-25-22(26-33-23)17-6-4-5-16-15(17)8-9-18(16)27-34(30,31)12-21(28)29/h4-7,10-11,13,18,27H,8-9,12H2,1-2H3,(H,28,29)/t18-/m1/s1. The third-order valence-corrected chi connectivity index (χ3v) is 6.53. The Morgan fingerprint density at radius 1 is 1.35 bits per heavy atom. The maximum Gasteiger partial charge on any atom is 0.320 e. The Labute approximate surface area is 196 Å². The first-order chi connectivity index (χ1) is 16.2. The summed E-state index contributed by atoms with van der Waals surface area (Å²) in [5, 5.41) is 12.9. The van der Waals surface area contributed by atoms with Gasteiger partial charge in [0, 0.05) is 17.2 Å². The van der Waals surface area contributed by atoms with Crippen LogP contribution >= 0.6 is 0 Å². The molecule has 4 rings (SSSR count). The van der Waals surface area contributed by atoms with Crippen molar-refractivity contribution in [2.45, 2.75) is 38.8 Å². The SMILES string of the molecule is [C-]#[N+]c1cc(-c2nc(-c3cccc4c3CC[C@H]4NS(=O)(=O)CC(=O)O)no2)ccc1OC(C)C. The second kappa shape index (κ2) is 9.24. The number of hydrogen-bond donors (Lipinski definition) is 2. The van der Waals surface area contributed by atoms with E-state index < -0.39 is 27.8 Å². The van der Waals surface area contributed by atoms with Gasteiger partial charge in [0.1, 0.15) is 5.75 Å². The highest BCUT2D eigenvalue weighted by atomic mass is 32.2. The van der Waals surface area contributed by atoms with E-state index in [0.717, 1.165) is 11.1 Å². The number of aromatic nitrogens is 2. The average molecular weight is 483 g/mol. The maximum absolute atomic E-state index is 12.1. The lowest BCUT2D eigenvalue weighted by Crippen LogP contribution is -2.32. The molecule has 0 saturated carbocycles. The molecule has 0 fully saturated rings. The lowest BCUT2D eigenvalue weighted by molar-refractivity contribution is -0.134. The highest BCUT2D eigenvalue weighted by Crippen LogP contribution is 2.38. The fourth-order valence-corrected chi connectivity index (χ4v) is 5.04. The van der Waals surface area contributed by atoms with Gasteiger partial charge in [0.2, 0.25) is 21.5 Å². The zero-order chi connectivity index (χ0) is 24.5. The molecule has 1 atom stereocenters. The van der Waals surface area contributed by atoms with E-state index in [4.69, 9.17) is 20.9 Å². The van der Waals surface area contributed by atoms with Crippen LogP contribution in [0.25, 0.3) is 27.7 Å². The Balaban J connectivity index is 1.62. The first-order valence-corrected chi connectivity index (χ1v) is 12.2. The predicted molar refractivity (Wildman–Crippen MR) is 123 cm³/mol. The van der Waals surface area contributed by atoms with Crippen LogP contribution in [-0.2, 0) is 21.2 Å². The molecule has 0 radical (unpaired) electrons. The molecule has 0 unspecified atom stereocenters. The van der Waals surface area contributed by atoms with Crippen molar-refractivity contribution < 1.29 is 27.6 Å². The molecule has 1 heterocycles. The Morgan fingerprint density at radius 2 is 2.15 bits per heavy atom. The van der Waals surface area contributed by atoms with Crippen molar-refractivity contribution in [1.82, 2.24) is 14.9 Å². The van der Waals surface area contributed by atoms with Crippen LogP contribution in [0.15, 0.2) is 40.9 Å². The van der Waals surface area contributed by atoms with Gasteiger partial charge in [-0.1, -0.05) is 23.4 Å². The van der Waals surface area contributed by atoms with Gasteiger partial charge >= 0.3 is 5.97 Å². The zero-order valence-electron chi connectivity index (χ0n) is 18.5. The lowest BCUT2D eigenvalue weighted by atomic mass is 10.0. The fraction of sp³-hybridized carbons (Fsp3) is 0.304. The van der Waals surface area contributed by atoms with Gasteiger partial charge in [-0.05, 0) is 56.0 Å². The molecule has 2 N–H and O–H groups in total. The number of sulfonamides is 1. The van der Waals surface area contributed by atoms with Crippen molar-refractivity contribution in [3.8, 4) is 28.6 Å². The van der Waals surface area contributed by atoms with Crippen molar-refractivity contribution in [1.29, 1.82) is 0 Å². The van der Waals surface area contributed by atoms with Gasteiger partial charge in [-0.3, -0.25) is 4.79 Å². The Bertz CT molecular complexity index is 1390. The van der Waals surface area contributed by atoms with E-state index in [1.807, 2.05) is 19.9 Å². The summed E-state index contributed by atoms with van der Waals surface area (Å²) in [5.41, 5.74) is 3.25. The van der Waals surface area contributed by atoms with Crippen LogP contribution in [-0.4, -0.2) is 41.5 Å². The number of fused-ring (bicyclic) bond motifs is 1. The van der Waals surface area contributed by atoms with Gasteiger partial charge in [0.05, 0.1) is 12.7 Å². The fourth-order valence-electron chi connectivity index (χ4n) is 3.95. The molecule has 2 aromatic carbocycles. The van der Waals surface area contributed by atoms with Crippen LogP contribution in [0.4, 0.5) is 5.69 Å². The van der Waals surface area contributed by atoms with Gasteiger partial charge in [-0.25, -0.2) is 18.0 Å². The van der Waals surface area contributed by atoms with E-state index in [1.165, 1.54) is 0 Å². The molecule has 176 valence electrons.